The smallest absolute Gasteiger partial charge is 0.342 e. The Hall–Kier alpha value is -1.23. The maximum Gasteiger partial charge on any atom is 0.342 e. The summed E-state index contributed by atoms with van der Waals surface area (Å²) >= 11 is 3.35. The molecule has 0 fully saturated rings. The van der Waals surface area contributed by atoms with Crippen LogP contribution in [0.1, 0.15) is 36.0 Å². The summed E-state index contributed by atoms with van der Waals surface area (Å²) in [4.78, 5) is 11.6. The number of aromatic hydroxyl groups is 2. The summed E-state index contributed by atoms with van der Waals surface area (Å²) < 4.78 is 5.02. The van der Waals surface area contributed by atoms with E-state index in [-0.39, 0.29) is 17.1 Å². The molecular formula is C13H17BrO4. The molecule has 0 aliphatic heterocycles. The second-order valence-corrected chi connectivity index (χ2v) is 4.73. The zero-order valence-corrected chi connectivity index (χ0v) is 11.6. The third kappa shape index (κ3) is 4.96. The van der Waals surface area contributed by atoms with Crippen LogP contribution in [0, 0.1) is 0 Å². The molecule has 18 heavy (non-hydrogen) atoms. The summed E-state index contributed by atoms with van der Waals surface area (Å²) in [6.07, 6.45) is 4.02. The second-order valence-electron chi connectivity index (χ2n) is 3.94. The summed E-state index contributed by atoms with van der Waals surface area (Å²) in [6.45, 7) is 0.330. The number of alkyl halides is 1. The van der Waals surface area contributed by atoms with Crippen molar-refractivity contribution in [2.75, 3.05) is 11.9 Å². The molecule has 0 heterocycles. The van der Waals surface area contributed by atoms with Gasteiger partial charge in [-0.15, -0.1) is 0 Å². The van der Waals surface area contributed by atoms with Gasteiger partial charge in [-0.05, 0) is 31.0 Å². The van der Waals surface area contributed by atoms with E-state index in [0.29, 0.717) is 6.61 Å². The van der Waals surface area contributed by atoms with Gasteiger partial charge in [-0.2, -0.15) is 0 Å². The quantitative estimate of drug-likeness (QED) is 0.351. The van der Waals surface area contributed by atoms with Gasteiger partial charge in [0.25, 0.3) is 0 Å². The number of rotatable bonds is 7. The highest BCUT2D eigenvalue weighted by Gasteiger charge is 2.13. The maximum absolute atomic E-state index is 11.6. The van der Waals surface area contributed by atoms with E-state index in [0.717, 1.165) is 31.0 Å². The molecule has 0 amide bonds. The molecule has 0 saturated carbocycles. The lowest BCUT2D eigenvalue weighted by atomic mass is 10.2. The zero-order valence-electron chi connectivity index (χ0n) is 10.1. The van der Waals surface area contributed by atoms with Gasteiger partial charge < -0.3 is 14.9 Å². The fraction of sp³-hybridized carbons (Fsp3) is 0.462. The van der Waals surface area contributed by atoms with E-state index in [2.05, 4.69) is 15.9 Å². The van der Waals surface area contributed by atoms with E-state index in [9.17, 15) is 15.0 Å². The SMILES string of the molecule is O=C(OCCCCCCBr)c1cc(O)ccc1O. The van der Waals surface area contributed by atoms with E-state index in [1.807, 2.05) is 0 Å². The van der Waals surface area contributed by atoms with Gasteiger partial charge in [0.05, 0.1) is 6.61 Å². The van der Waals surface area contributed by atoms with Crippen LogP contribution < -0.4 is 0 Å². The number of hydrogen-bond acceptors (Lipinski definition) is 4. The number of unbranched alkanes of at least 4 members (excludes halogenated alkanes) is 3. The van der Waals surface area contributed by atoms with E-state index in [1.165, 1.54) is 18.2 Å². The van der Waals surface area contributed by atoms with E-state index >= 15 is 0 Å². The third-order valence-electron chi connectivity index (χ3n) is 2.46. The molecule has 0 aromatic heterocycles. The van der Waals surface area contributed by atoms with E-state index in [1.54, 1.807) is 0 Å². The lowest BCUT2D eigenvalue weighted by Gasteiger charge is -2.06. The number of esters is 1. The molecule has 5 heteroatoms. The van der Waals surface area contributed by atoms with Crippen molar-refractivity contribution in [2.24, 2.45) is 0 Å². The number of phenolic OH excluding ortho intramolecular Hbond substituents is 2. The maximum atomic E-state index is 11.6. The topological polar surface area (TPSA) is 66.8 Å². The van der Waals surface area contributed by atoms with Crippen LogP contribution in [-0.2, 0) is 4.74 Å². The second kappa shape index (κ2) is 7.97. The molecule has 1 aromatic carbocycles. The molecule has 0 aliphatic rings. The van der Waals surface area contributed by atoms with Crippen molar-refractivity contribution < 1.29 is 19.7 Å². The van der Waals surface area contributed by atoms with Gasteiger partial charge in [0.1, 0.15) is 17.1 Å². The first kappa shape index (κ1) is 14.8. The van der Waals surface area contributed by atoms with E-state index in [4.69, 9.17) is 4.74 Å². The Bertz CT molecular complexity index is 393. The molecule has 0 radical (unpaired) electrons. The lowest BCUT2D eigenvalue weighted by Crippen LogP contribution is -2.06. The highest BCUT2D eigenvalue weighted by atomic mass is 79.9. The monoisotopic (exact) mass is 316 g/mol. The predicted octanol–water partition coefficient (Wildman–Crippen LogP) is 3.21. The summed E-state index contributed by atoms with van der Waals surface area (Å²) in [5.74, 6) is -0.863. The minimum Gasteiger partial charge on any atom is -0.508 e. The molecule has 0 atom stereocenters. The van der Waals surface area contributed by atoms with Crippen molar-refractivity contribution in [1.82, 2.24) is 0 Å². The number of phenols is 2. The molecule has 0 saturated heterocycles. The fourth-order valence-electron chi connectivity index (χ4n) is 1.48. The Kier molecular flexibility index (Phi) is 6.57. The van der Waals surface area contributed by atoms with Crippen molar-refractivity contribution in [3.63, 3.8) is 0 Å². The Balaban J connectivity index is 2.34. The summed E-state index contributed by atoms with van der Waals surface area (Å²) in [5, 5.41) is 19.7. The van der Waals surface area contributed by atoms with Gasteiger partial charge in [-0.3, -0.25) is 0 Å². The average molecular weight is 317 g/mol. The number of hydrogen-bond donors (Lipinski definition) is 2. The van der Waals surface area contributed by atoms with Crippen molar-refractivity contribution in [2.45, 2.75) is 25.7 Å². The third-order valence-corrected chi connectivity index (χ3v) is 3.02. The number of halogens is 1. The summed E-state index contributed by atoms with van der Waals surface area (Å²) in [6, 6.07) is 3.77. The minimum atomic E-state index is -0.608. The number of carbonyl (C=O) groups excluding carboxylic acids is 1. The molecule has 1 aromatic rings. The van der Waals surface area contributed by atoms with Gasteiger partial charge in [0, 0.05) is 5.33 Å². The molecule has 0 bridgehead atoms. The number of benzene rings is 1. The van der Waals surface area contributed by atoms with Crippen molar-refractivity contribution in [3.05, 3.63) is 23.8 Å². The standard InChI is InChI=1S/C13H17BrO4/c14-7-3-1-2-4-8-18-13(17)11-9-10(15)5-6-12(11)16/h5-6,9,15-16H,1-4,7-8H2. The highest BCUT2D eigenvalue weighted by Crippen LogP contribution is 2.22. The summed E-state index contributed by atoms with van der Waals surface area (Å²) in [5.41, 5.74) is -0.00421. The van der Waals surface area contributed by atoms with Crippen molar-refractivity contribution in [3.8, 4) is 11.5 Å². The van der Waals surface area contributed by atoms with Crippen molar-refractivity contribution in [1.29, 1.82) is 0 Å². The van der Waals surface area contributed by atoms with Gasteiger partial charge in [-0.25, -0.2) is 4.79 Å². The normalized spacial score (nSPS) is 10.3. The van der Waals surface area contributed by atoms with Crippen LogP contribution >= 0.6 is 15.9 Å². The largest absolute Gasteiger partial charge is 0.508 e. The van der Waals surface area contributed by atoms with Crippen LogP contribution in [-0.4, -0.2) is 28.1 Å². The fourth-order valence-corrected chi connectivity index (χ4v) is 1.88. The van der Waals surface area contributed by atoms with Crippen LogP contribution in [0.3, 0.4) is 0 Å². The number of ether oxygens (including phenoxy) is 1. The van der Waals surface area contributed by atoms with Crippen LogP contribution in [0.2, 0.25) is 0 Å². The van der Waals surface area contributed by atoms with Gasteiger partial charge in [0.15, 0.2) is 0 Å². The Morgan fingerprint density at radius 3 is 2.61 bits per heavy atom. The van der Waals surface area contributed by atoms with Crippen LogP contribution in [0.15, 0.2) is 18.2 Å². The zero-order chi connectivity index (χ0) is 13.4. The summed E-state index contributed by atoms with van der Waals surface area (Å²) in [7, 11) is 0. The minimum absolute atomic E-state index is 0.00421. The van der Waals surface area contributed by atoms with E-state index < -0.39 is 5.97 Å². The molecule has 0 spiro atoms. The Labute approximate surface area is 115 Å². The molecule has 0 aliphatic carbocycles. The first-order chi connectivity index (χ1) is 8.65. The highest BCUT2D eigenvalue weighted by molar-refractivity contribution is 9.09. The lowest BCUT2D eigenvalue weighted by molar-refractivity contribution is 0.0494. The van der Waals surface area contributed by atoms with Gasteiger partial charge in [0.2, 0.25) is 0 Å². The first-order valence-electron chi connectivity index (χ1n) is 5.90. The Morgan fingerprint density at radius 2 is 1.89 bits per heavy atom. The van der Waals surface area contributed by atoms with Gasteiger partial charge in [-0.1, -0.05) is 28.8 Å². The molecule has 100 valence electrons. The predicted molar refractivity (Wildman–Crippen MR) is 72.3 cm³/mol. The molecule has 1 rings (SSSR count). The van der Waals surface area contributed by atoms with Crippen LogP contribution in [0.5, 0.6) is 11.5 Å². The molecular weight excluding hydrogens is 300 g/mol. The Morgan fingerprint density at radius 1 is 1.17 bits per heavy atom. The van der Waals surface area contributed by atoms with Gasteiger partial charge >= 0.3 is 5.97 Å². The van der Waals surface area contributed by atoms with Crippen LogP contribution in [0.25, 0.3) is 0 Å². The molecule has 2 N–H and O–H groups in total. The molecule has 4 nitrogen and oxygen atoms in total. The first-order valence-corrected chi connectivity index (χ1v) is 7.02. The number of carbonyl (C=O) groups is 1. The van der Waals surface area contributed by atoms with Crippen molar-refractivity contribution >= 4 is 21.9 Å². The molecule has 0 unspecified atom stereocenters. The van der Waals surface area contributed by atoms with Crippen LogP contribution in [0.4, 0.5) is 0 Å². The average Bonchev–Trinajstić information content (AvgIpc) is 2.36.